The van der Waals surface area contributed by atoms with Gasteiger partial charge in [-0.25, -0.2) is 4.79 Å². The van der Waals surface area contributed by atoms with Crippen LogP contribution in [-0.2, 0) is 9.53 Å². The Morgan fingerprint density at radius 3 is 2.44 bits per heavy atom. The summed E-state index contributed by atoms with van der Waals surface area (Å²) in [6, 6.07) is 4.98. The second kappa shape index (κ2) is 9.03. The highest BCUT2D eigenvalue weighted by Crippen LogP contribution is 2.33. The van der Waals surface area contributed by atoms with Crippen molar-refractivity contribution >= 4 is 63.4 Å². The Balaban J connectivity index is 2.31. The Kier molecular flexibility index (Phi) is 7.01. The largest absolute Gasteiger partial charge is 0.462 e. The molecule has 2 amide bonds. The van der Waals surface area contributed by atoms with Gasteiger partial charge in [-0.1, -0.05) is 29.3 Å². The lowest BCUT2D eigenvalue weighted by Crippen LogP contribution is -2.13. The van der Waals surface area contributed by atoms with E-state index in [0.29, 0.717) is 21.2 Å². The van der Waals surface area contributed by atoms with E-state index < -0.39 is 17.8 Å². The van der Waals surface area contributed by atoms with Crippen molar-refractivity contribution in [3.63, 3.8) is 0 Å². The molecule has 1 aromatic heterocycles. The highest BCUT2D eigenvalue weighted by Gasteiger charge is 2.25. The van der Waals surface area contributed by atoms with E-state index in [4.69, 9.17) is 33.7 Å². The fourth-order valence-electron chi connectivity index (χ4n) is 2.27. The molecule has 0 spiro atoms. The molecular weight excluding hydrogens is 411 g/mol. The predicted octanol–water partition coefficient (Wildman–Crippen LogP) is 4.29. The van der Waals surface area contributed by atoms with Crippen LogP contribution < -0.4 is 11.1 Å². The van der Waals surface area contributed by atoms with Gasteiger partial charge < -0.3 is 15.8 Å². The zero-order valence-corrected chi connectivity index (χ0v) is 16.8. The Morgan fingerprint density at radius 1 is 1.26 bits per heavy atom. The summed E-state index contributed by atoms with van der Waals surface area (Å²) in [5.74, 6) is -1.87. The molecular formula is C18H16Cl2N2O4S. The van der Waals surface area contributed by atoms with E-state index in [1.165, 1.54) is 12.2 Å². The predicted molar refractivity (Wildman–Crippen MR) is 108 cm³/mol. The summed E-state index contributed by atoms with van der Waals surface area (Å²) in [7, 11) is 0. The van der Waals surface area contributed by atoms with E-state index in [1.54, 1.807) is 32.0 Å². The van der Waals surface area contributed by atoms with E-state index in [2.05, 4.69) is 5.32 Å². The second-order valence-corrected chi connectivity index (χ2v) is 7.14. The molecule has 0 unspecified atom stereocenters. The molecule has 6 nitrogen and oxygen atoms in total. The van der Waals surface area contributed by atoms with E-state index in [9.17, 15) is 14.4 Å². The van der Waals surface area contributed by atoms with Crippen LogP contribution in [0.1, 0.15) is 38.1 Å². The number of carbonyl (C=O) groups excluding carboxylic acids is 3. The molecule has 0 atom stereocenters. The van der Waals surface area contributed by atoms with Gasteiger partial charge in [0.15, 0.2) is 0 Å². The van der Waals surface area contributed by atoms with Crippen molar-refractivity contribution in [3.8, 4) is 0 Å². The van der Waals surface area contributed by atoms with Gasteiger partial charge in [0.1, 0.15) is 5.00 Å². The first-order valence-electron chi connectivity index (χ1n) is 7.79. The van der Waals surface area contributed by atoms with Crippen LogP contribution >= 0.6 is 34.5 Å². The molecule has 3 N–H and O–H groups in total. The van der Waals surface area contributed by atoms with Gasteiger partial charge in [-0.2, -0.15) is 0 Å². The summed E-state index contributed by atoms with van der Waals surface area (Å²) < 4.78 is 5.00. The molecule has 9 heteroatoms. The fourth-order valence-corrected chi connectivity index (χ4v) is 3.84. The third-order valence-corrected chi connectivity index (χ3v) is 5.37. The Labute approximate surface area is 169 Å². The van der Waals surface area contributed by atoms with Crippen molar-refractivity contribution in [3.05, 3.63) is 55.9 Å². The first-order valence-corrected chi connectivity index (χ1v) is 9.36. The number of thiophene rings is 1. The molecule has 0 saturated heterocycles. The van der Waals surface area contributed by atoms with Gasteiger partial charge in [-0.3, -0.25) is 9.59 Å². The van der Waals surface area contributed by atoms with Crippen LogP contribution in [0.25, 0.3) is 6.08 Å². The van der Waals surface area contributed by atoms with Gasteiger partial charge in [-0.15, -0.1) is 11.3 Å². The van der Waals surface area contributed by atoms with E-state index >= 15 is 0 Å². The summed E-state index contributed by atoms with van der Waals surface area (Å²) in [4.78, 5) is 36.2. The Morgan fingerprint density at radius 2 is 1.89 bits per heavy atom. The molecule has 2 aromatic rings. The standard InChI is InChI=1S/C18H16Cl2N2O4S/c1-3-26-18(25)14-9(2)15(16(21)24)27-17(14)22-13(23)8-7-10-11(19)5-4-6-12(10)20/h4-8H,3H2,1-2H3,(H2,21,24)(H,22,23). The average molecular weight is 427 g/mol. The average Bonchev–Trinajstić information content (AvgIpc) is 2.91. The molecule has 0 radical (unpaired) electrons. The van der Waals surface area contributed by atoms with Gasteiger partial charge in [0.05, 0.1) is 17.0 Å². The lowest BCUT2D eigenvalue weighted by molar-refractivity contribution is -0.111. The number of benzene rings is 1. The van der Waals surface area contributed by atoms with Crippen molar-refractivity contribution < 1.29 is 19.1 Å². The van der Waals surface area contributed by atoms with E-state index in [1.807, 2.05) is 0 Å². The number of carbonyl (C=O) groups is 3. The second-order valence-electron chi connectivity index (χ2n) is 5.30. The Bertz CT molecular complexity index is 917. The maximum atomic E-state index is 12.3. The first kappa shape index (κ1) is 21.0. The number of nitrogens with one attached hydrogen (secondary N) is 1. The lowest BCUT2D eigenvalue weighted by atomic mass is 10.1. The Hall–Kier alpha value is -2.35. The number of ether oxygens (including phenoxy) is 1. The van der Waals surface area contributed by atoms with E-state index in [-0.39, 0.29) is 22.0 Å². The number of primary amides is 1. The molecule has 2 rings (SSSR count). The van der Waals surface area contributed by atoms with Crippen LogP contribution in [0.2, 0.25) is 10.0 Å². The maximum Gasteiger partial charge on any atom is 0.341 e. The van der Waals surface area contributed by atoms with Gasteiger partial charge in [-0.05, 0) is 37.6 Å². The molecule has 0 saturated carbocycles. The molecule has 0 bridgehead atoms. The zero-order valence-electron chi connectivity index (χ0n) is 14.5. The number of esters is 1. The molecule has 27 heavy (non-hydrogen) atoms. The first-order chi connectivity index (χ1) is 12.8. The quantitative estimate of drug-likeness (QED) is 0.531. The van der Waals surface area contributed by atoms with Gasteiger partial charge in [0.2, 0.25) is 5.91 Å². The third kappa shape index (κ3) is 4.88. The van der Waals surface area contributed by atoms with Crippen LogP contribution in [0.5, 0.6) is 0 Å². The van der Waals surface area contributed by atoms with Crippen molar-refractivity contribution in [1.29, 1.82) is 0 Å². The molecule has 142 valence electrons. The number of rotatable bonds is 6. The summed E-state index contributed by atoms with van der Waals surface area (Å²) in [5, 5.41) is 3.53. The topological polar surface area (TPSA) is 98.5 Å². The molecule has 1 heterocycles. The van der Waals surface area contributed by atoms with Gasteiger partial charge in [0.25, 0.3) is 5.91 Å². The highest BCUT2D eigenvalue weighted by molar-refractivity contribution is 7.18. The van der Waals surface area contributed by atoms with Crippen LogP contribution in [-0.4, -0.2) is 24.4 Å². The minimum Gasteiger partial charge on any atom is -0.462 e. The minimum absolute atomic E-state index is 0.105. The van der Waals surface area contributed by atoms with Gasteiger partial charge in [0, 0.05) is 21.7 Å². The SMILES string of the molecule is CCOC(=O)c1c(NC(=O)C=Cc2c(Cl)cccc2Cl)sc(C(N)=O)c1C. The summed E-state index contributed by atoms with van der Waals surface area (Å²) in [6.45, 7) is 3.37. The zero-order chi connectivity index (χ0) is 20.1. The number of amides is 2. The number of hydrogen-bond acceptors (Lipinski definition) is 5. The lowest BCUT2D eigenvalue weighted by Gasteiger charge is -2.06. The van der Waals surface area contributed by atoms with Crippen LogP contribution in [0, 0.1) is 6.92 Å². The van der Waals surface area contributed by atoms with Gasteiger partial charge >= 0.3 is 5.97 Å². The monoisotopic (exact) mass is 426 g/mol. The van der Waals surface area contributed by atoms with Crippen molar-refractivity contribution in [2.24, 2.45) is 5.73 Å². The van der Waals surface area contributed by atoms with Crippen molar-refractivity contribution in [2.45, 2.75) is 13.8 Å². The van der Waals surface area contributed by atoms with Crippen LogP contribution in [0.4, 0.5) is 5.00 Å². The molecule has 0 fully saturated rings. The number of hydrogen-bond donors (Lipinski definition) is 2. The van der Waals surface area contributed by atoms with Crippen molar-refractivity contribution in [2.75, 3.05) is 11.9 Å². The maximum absolute atomic E-state index is 12.3. The number of halogens is 2. The van der Waals surface area contributed by atoms with Crippen molar-refractivity contribution in [1.82, 2.24) is 0 Å². The summed E-state index contributed by atoms with van der Waals surface area (Å²) in [5.41, 5.74) is 6.29. The third-order valence-electron chi connectivity index (χ3n) is 3.49. The molecule has 1 aromatic carbocycles. The van der Waals surface area contributed by atoms with Crippen LogP contribution in [0.15, 0.2) is 24.3 Å². The van der Waals surface area contributed by atoms with Crippen LogP contribution in [0.3, 0.4) is 0 Å². The summed E-state index contributed by atoms with van der Waals surface area (Å²) in [6.07, 6.45) is 2.68. The fraction of sp³-hybridized carbons (Fsp3) is 0.167. The van der Waals surface area contributed by atoms with E-state index in [0.717, 1.165) is 11.3 Å². The normalized spacial score (nSPS) is 10.8. The molecule has 0 aliphatic carbocycles. The number of nitrogens with two attached hydrogens (primary N) is 1. The molecule has 0 aliphatic rings. The number of anilines is 1. The summed E-state index contributed by atoms with van der Waals surface area (Å²) >= 11 is 13.0. The molecule has 0 aliphatic heterocycles. The highest BCUT2D eigenvalue weighted by atomic mass is 35.5. The smallest absolute Gasteiger partial charge is 0.341 e. The minimum atomic E-state index is -0.693.